The van der Waals surface area contributed by atoms with Crippen molar-refractivity contribution in [2.24, 2.45) is 5.92 Å². The van der Waals surface area contributed by atoms with E-state index in [2.05, 4.69) is 30.5 Å². The summed E-state index contributed by atoms with van der Waals surface area (Å²) >= 11 is 0. The molecule has 16 heavy (non-hydrogen) atoms. The molecule has 1 aromatic rings. The first kappa shape index (κ1) is 11.5. The number of aryl methyl sites for hydroxylation is 1. The largest absolute Gasteiger partial charge is 0.380 e. The molecule has 0 saturated heterocycles. The SMILES string of the molecule is CCn1cc(NC(C)C2CCCCC2)cn1. The van der Waals surface area contributed by atoms with Gasteiger partial charge in [0.25, 0.3) is 0 Å². The summed E-state index contributed by atoms with van der Waals surface area (Å²) in [4.78, 5) is 0. The molecule has 1 aromatic heterocycles. The predicted octanol–water partition coefficient (Wildman–Crippen LogP) is 3.28. The summed E-state index contributed by atoms with van der Waals surface area (Å²) in [6, 6.07) is 0.579. The summed E-state index contributed by atoms with van der Waals surface area (Å²) in [5.74, 6) is 0.846. The van der Waals surface area contributed by atoms with Gasteiger partial charge in [-0.1, -0.05) is 19.3 Å². The average Bonchev–Trinajstić information content (AvgIpc) is 2.78. The molecule has 3 heteroatoms. The van der Waals surface area contributed by atoms with Crippen LogP contribution < -0.4 is 5.32 Å². The van der Waals surface area contributed by atoms with Gasteiger partial charge in [-0.05, 0) is 32.6 Å². The molecule has 1 saturated carbocycles. The second-order valence-electron chi connectivity index (χ2n) is 4.92. The molecule has 0 amide bonds. The molecule has 1 unspecified atom stereocenters. The zero-order valence-electron chi connectivity index (χ0n) is 10.4. The maximum Gasteiger partial charge on any atom is 0.0728 e. The van der Waals surface area contributed by atoms with Gasteiger partial charge in [0.2, 0.25) is 0 Å². The predicted molar refractivity (Wildman–Crippen MR) is 67.6 cm³/mol. The van der Waals surface area contributed by atoms with Crippen molar-refractivity contribution in [2.45, 2.75) is 58.5 Å². The fraction of sp³-hybridized carbons (Fsp3) is 0.769. The molecular weight excluding hydrogens is 198 g/mol. The fourth-order valence-corrected chi connectivity index (χ4v) is 2.63. The van der Waals surface area contributed by atoms with E-state index in [1.165, 1.54) is 37.8 Å². The van der Waals surface area contributed by atoms with Crippen molar-refractivity contribution >= 4 is 5.69 Å². The summed E-state index contributed by atoms with van der Waals surface area (Å²) in [7, 11) is 0. The van der Waals surface area contributed by atoms with Crippen molar-refractivity contribution in [1.82, 2.24) is 9.78 Å². The van der Waals surface area contributed by atoms with Crippen LogP contribution in [0.1, 0.15) is 46.0 Å². The van der Waals surface area contributed by atoms with E-state index in [4.69, 9.17) is 0 Å². The van der Waals surface area contributed by atoms with Crippen molar-refractivity contribution in [3.63, 3.8) is 0 Å². The molecule has 1 N–H and O–H groups in total. The summed E-state index contributed by atoms with van der Waals surface area (Å²) in [6.45, 7) is 5.36. The lowest BCUT2D eigenvalue weighted by atomic mass is 9.84. The van der Waals surface area contributed by atoms with Gasteiger partial charge >= 0.3 is 0 Å². The molecule has 0 aromatic carbocycles. The van der Waals surface area contributed by atoms with Crippen LogP contribution in [0.25, 0.3) is 0 Å². The normalized spacial score (nSPS) is 19.6. The molecule has 0 radical (unpaired) electrons. The van der Waals surface area contributed by atoms with Crippen LogP contribution >= 0.6 is 0 Å². The molecular formula is C13H23N3. The summed E-state index contributed by atoms with van der Waals surface area (Å²) in [5.41, 5.74) is 1.17. The van der Waals surface area contributed by atoms with Gasteiger partial charge in [0.05, 0.1) is 11.9 Å². The van der Waals surface area contributed by atoms with Crippen LogP contribution in [-0.4, -0.2) is 15.8 Å². The van der Waals surface area contributed by atoms with E-state index < -0.39 is 0 Å². The third kappa shape index (κ3) is 2.77. The first-order chi connectivity index (χ1) is 7.79. The van der Waals surface area contributed by atoms with E-state index >= 15 is 0 Å². The standard InChI is InChI=1S/C13H23N3/c1-3-16-10-13(9-14-16)15-11(2)12-7-5-4-6-8-12/h9-12,15H,3-8H2,1-2H3. The minimum Gasteiger partial charge on any atom is -0.380 e. The molecule has 2 rings (SSSR count). The highest BCUT2D eigenvalue weighted by Gasteiger charge is 2.19. The summed E-state index contributed by atoms with van der Waals surface area (Å²) in [5, 5.41) is 7.87. The number of aromatic nitrogens is 2. The lowest BCUT2D eigenvalue weighted by Crippen LogP contribution is -2.27. The van der Waals surface area contributed by atoms with E-state index in [1.54, 1.807) is 0 Å². The van der Waals surface area contributed by atoms with Gasteiger partial charge < -0.3 is 5.32 Å². The van der Waals surface area contributed by atoms with Crippen LogP contribution in [0.4, 0.5) is 5.69 Å². The fourth-order valence-electron chi connectivity index (χ4n) is 2.63. The first-order valence-corrected chi connectivity index (χ1v) is 6.58. The van der Waals surface area contributed by atoms with Crippen LogP contribution in [0.5, 0.6) is 0 Å². The van der Waals surface area contributed by atoms with Crippen LogP contribution in [0.15, 0.2) is 12.4 Å². The Hall–Kier alpha value is -0.990. The Morgan fingerprint density at radius 2 is 2.19 bits per heavy atom. The molecule has 0 bridgehead atoms. The minimum atomic E-state index is 0.579. The van der Waals surface area contributed by atoms with Gasteiger partial charge in [-0.15, -0.1) is 0 Å². The van der Waals surface area contributed by atoms with Crippen molar-refractivity contribution in [3.8, 4) is 0 Å². The Morgan fingerprint density at radius 3 is 2.81 bits per heavy atom. The molecule has 3 nitrogen and oxygen atoms in total. The molecule has 1 aliphatic rings. The third-order valence-electron chi connectivity index (χ3n) is 3.71. The topological polar surface area (TPSA) is 29.9 Å². The molecule has 1 aliphatic carbocycles. The molecule has 1 fully saturated rings. The number of hydrogen-bond donors (Lipinski definition) is 1. The summed E-state index contributed by atoms with van der Waals surface area (Å²) < 4.78 is 1.97. The maximum atomic E-state index is 4.29. The smallest absolute Gasteiger partial charge is 0.0728 e. The van der Waals surface area contributed by atoms with Crippen LogP contribution in [-0.2, 0) is 6.54 Å². The highest BCUT2D eigenvalue weighted by Crippen LogP contribution is 2.27. The van der Waals surface area contributed by atoms with E-state index in [1.807, 2.05) is 10.9 Å². The quantitative estimate of drug-likeness (QED) is 0.845. The Morgan fingerprint density at radius 1 is 1.44 bits per heavy atom. The van der Waals surface area contributed by atoms with Crippen molar-refractivity contribution in [3.05, 3.63) is 12.4 Å². The Kier molecular flexibility index (Phi) is 3.86. The van der Waals surface area contributed by atoms with Crippen LogP contribution in [0.3, 0.4) is 0 Å². The van der Waals surface area contributed by atoms with Gasteiger partial charge in [0, 0.05) is 18.8 Å². The van der Waals surface area contributed by atoms with Crippen LogP contribution in [0, 0.1) is 5.92 Å². The third-order valence-corrected chi connectivity index (χ3v) is 3.71. The molecule has 90 valence electrons. The van der Waals surface area contributed by atoms with Gasteiger partial charge in [-0.2, -0.15) is 5.10 Å². The first-order valence-electron chi connectivity index (χ1n) is 6.58. The van der Waals surface area contributed by atoms with Crippen LogP contribution in [0.2, 0.25) is 0 Å². The Balaban J connectivity index is 1.87. The van der Waals surface area contributed by atoms with Gasteiger partial charge in [-0.3, -0.25) is 4.68 Å². The monoisotopic (exact) mass is 221 g/mol. The van der Waals surface area contributed by atoms with E-state index in [0.29, 0.717) is 6.04 Å². The van der Waals surface area contributed by atoms with Gasteiger partial charge in [-0.25, -0.2) is 0 Å². The van der Waals surface area contributed by atoms with E-state index in [9.17, 15) is 0 Å². The molecule has 1 heterocycles. The zero-order valence-corrected chi connectivity index (χ0v) is 10.4. The number of anilines is 1. The van der Waals surface area contributed by atoms with Crippen molar-refractivity contribution < 1.29 is 0 Å². The van der Waals surface area contributed by atoms with Crippen molar-refractivity contribution in [1.29, 1.82) is 0 Å². The molecule has 1 atom stereocenters. The van der Waals surface area contributed by atoms with E-state index in [0.717, 1.165) is 12.5 Å². The second kappa shape index (κ2) is 5.37. The van der Waals surface area contributed by atoms with Gasteiger partial charge in [0.15, 0.2) is 0 Å². The number of hydrogen-bond acceptors (Lipinski definition) is 2. The Bertz CT molecular complexity index is 313. The Labute approximate surface area is 98.2 Å². The molecule has 0 aliphatic heterocycles. The lowest BCUT2D eigenvalue weighted by Gasteiger charge is -2.28. The van der Waals surface area contributed by atoms with Crippen molar-refractivity contribution in [2.75, 3.05) is 5.32 Å². The average molecular weight is 221 g/mol. The highest BCUT2D eigenvalue weighted by atomic mass is 15.3. The number of nitrogens with one attached hydrogen (secondary N) is 1. The number of rotatable bonds is 4. The summed E-state index contributed by atoms with van der Waals surface area (Å²) in [6.07, 6.45) is 11.0. The lowest BCUT2D eigenvalue weighted by molar-refractivity contribution is 0.328. The molecule has 0 spiro atoms. The highest BCUT2D eigenvalue weighted by molar-refractivity contribution is 5.39. The van der Waals surface area contributed by atoms with Gasteiger partial charge in [0.1, 0.15) is 0 Å². The van der Waals surface area contributed by atoms with E-state index in [-0.39, 0.29) is 0 Å². The zero-order chi connectivity index (χ0) is 11.4. The number of nitrogens with zero attached hydrogens (tertiary/aromatic N) is 2. The minimum absolute atomic E-state index is 0.579. The maximum absolute atomic E-state index is 4.29. The second-order valence-corrected chi connectivity index (χ2v) is 4.92.